The van der Waals surface area contributed by atoms with Gasteiger partial charge in [-0.15, -0.1) is 0 Å². The Hall–Kier alpha value is -1.64. The van der Waals surface area contributed by atoms with Crippen molar-refractivity contribution in [1.29, 1.82) is 0 Å². The molecule has 3 heteroatoms. The van der Waals surface area contributed by atoms with Gasteiger partial charge >= 0.3 is 0 Å². The van der Waals surface area contributed by atoms with Crippen molar-refractivity contribution in [3.8, 4) is 0 Å². The molecule has 1 heterocycles. The van der Waals surface area contributed by atoms with E-state index in [4.69, 9.17) is 0 Å². The number of hydrogen-bond acceptors (Lipinski definition) is 3. The van der Waals surface area contributed by atoms with Crippen molar-refractivity contribution in [2.24, 2.45) is 5.92 Å². The summed E-state index contributed by atoms with van der Waals surface area (Å²) >= 11 is 0. The van der Waals surface area contributed by atoms with Crippen LogP contribution in [0.4, 0.5) is 5.95 Å². The molecule has 0 fully saturated rings. The minimum absolute atomic E-state index is 0.390. The SMILES string of the molecule is CCC(C)C(C)Nc1ncc2ccccc2n1. The van der Waals surface area contributed by atoms with Gasteiger partial charge in [0.05, 0.1) is 5.52 Å². The van der Waals surface area contributed by atoms with Gasteiger partial charge < -0.3 is 5.32 Å². The second-order valence-electron chi connectivity index (χ2n) is 4.57. The van der Waals surface area contributed by atoms with Crippen LogP contribution in [0.15, 0.2) is 30.5 Å². The normalized spacial score (nSPS) is 14.5. The molecule has 0 saturated heterocycles. The molecule has 2 atom stereocenters. The summed E-state index contributed by atoms with van der Waals surface area (Å²) < 4.78 is 0. The van der Waals surface area contributed by atoms with Gasteiger partial charge in [-0.1, -0.05) is 38.5 Å². The summed E-state index contributed by atoms with van der Waals surface area (Å²) in [6.07, 6.45) is 3.02. The van der Waals surface area contributed by atoms with E-state index in [0.717, 1.165) is 23.3 Å². The quantitative estimate of drug-likeness (QED) is 0.872. The number of para-hydroxylation sites is 1. The molecule has 2 unspecified atom stereocenters. The lowest BCUT2D eigenvalue weighted by Crippen LogP contribution is -2.24. The fourth-order valence-electron chi connectivity index (χ4n) is 1.74. The highest BCUT2D eigenvalue weighted by Crippen LogP contribution is 2.15. The molecule has 0 spiro atoms. The number of rotatable bonds is 4. The van der Waals surface area contributed by atoms with Gasteiger partial charge in [-0.05, 0) is 18.9 Å². The van der Waals surface area contributed by atoms with E-state index < -0.39 is 0 Å². The summed E-state index contributed by atoms with van der Waals surface area (Å²) in [4.78, 5) is 8.85. The molecule has 2 aromatic rings. The first-order valence-corrected chi connectivity index (χ1v) is 6.19. The Morgan fingerprint density at radius 3 is 2.76 bits per heavy atom. The average Bonchev–Trinajstić information content (AvgIpc) is 2.37. The van der Waals surface area contributed by atoms with Crippen LogP contribution in [0.3, 0.4) is 0 Å². The van der Waals surface area contributed by atoms with Gasteiger partial charge in [0.1, 0.15) is 0 Å². The van der Waals surface area contributed by atoms with Crippen LogP contribution in [0, 0.1) is 5.92 Å². The molecule has 17 heavy (non-hydrogen) atoms. The van der Waals surface area contributed by atoms with Gasteiger partial charge in [0.2, 0.25) is 5.95 Å². The second kappa shape index (κ2) is 5.13. The molecule has 0 aliphatic carbocycles. The first-order chi connectivity index (χ1) is 8.20. The van der Waals surface area contributed by atoms with E-state index in [1.165, 1.54) is 0 Å². The molecule has 1 N–H and O–H groups in total. The van der Waals surface area contributed by atoms with Crippen LogP contribution >= 0.6 is 0 Å². The highest BCUT2D eigenvalue weighted by atomic mass is 15.1. The van der Waals surface area contributed by atoms with Gasteiger partial charge in [-0.3, -0.25) is 0 Å². The summed E-state index contributed by atoms with van der Waals surface area (Å²) in [5, 5.41) is 4.44. The average molecular weight is 229 g/mol. The lowest BCUT2D eigenvalue weighted by atomic mass is 10.0. The molecule has 0 aliphatic heterocycles. The maximum atomic E-state index is 4.51. The van der Waals surface area contributed by atoms with Gasteiger partial charge in [0, 0.05) is 17.6 Å². The van der Waals surface area contributed by atoms with Crippen molar-refractivity contribution >= 4 is 16.9 Å². The fraction of sp³-hybridized carbons (Fsp3) is 0.429. The number of aromatic nitrogens is 2. The first-order valence-electron chi connectivity index (χ1n) is 6.19. The monoisotopic (exact) mass is 229 g/mol. The Labute approximate surface area is 102 Å². The Morgan fingerprint density at radius 1 is 1.24 bits per heavy atom. The predicted molar refractivity (Wildman–Crippen MR) is 72.1 cm³/mol. The molecular formula is C14H19N3. The molecular weight excluding hydrogens is 210 g/mol. The Morgan fingerprint density at radius 2 is 2.00 bits per heavy atom. The zero-order valence-corrected chi connectivity index (χ0v) is 10.6. The summed E-state index contributed by atoms with van der Waals surface area (Å²) in [6, 6.07) is 8.42. The van der Waals surface area contributed by atoms with Crippen LogP contribution in [0.5, 0.6) is 0 Å². The minimum Gasteiger partial charge on any atom is -0.351 e. The summed E-state index contributed by atoms with van der Waals surface area (Å²) in [5.74, 6) is 1.33. The molecule has 1 aromatic heterocycles. The molecule has 0 radical (unpaired) electrons. The molecule has 1 aromatic carbocycles. The van der Waals surface area contributed by atoms with Gasteiger partial charge in [-0.2, -0.15) is 0 Å². The number of benzene rings is 1. The lowest BCUT2D eigenvalue weighted by Gasteiger charge is -2.19. The summed E-state index contributed by atoms with van der Waals surface area (Å²) in [5.41, 5.74) is 0.987. The summed E-state index contributed by atoms with van der Waals surface area (Å²) in [6.45, 7) is 6.61. The van der Waals surface area contributed by atoms with E-state index in [1.54, 1.807) is 0 Å². The zero-order chi connectivity index (χ0) is 12.3. The topological polar surface area (TPSA) is 37.8 Å². The maximum Gasteiger partial charge on any atom is 0.223 e. The minimum atomic E-state index is 0.390. The number of fused-ring (bicyclic) bond motifs is 1. The van der Waals surface area contributed by atoms with Crippen LogP contribution in [0.1, 0.15) is 27.2 Å². The molecule has 3 nitrogen and oxygen atoms in total. The van der Waals surface area contributed by atoms with E-state index in [-0.39, 0.29) is 0 Å². The lowest BCUT2D eigenvalue weighted by molar-refractivity contribution is 0.492. The standard InChI is InChI=1S/C14H19N3/c1-4-10(2)11(3)16-14-15-9-12-7-5-6-8-13(12)17-14/h5-11H,4H2,1-3H3,(H,15,16,17). The van der Waals surface area contributed by atoms with Crippen LogP contribution < -0.4 is 5.32 Å². The number of nitrogens with one attached hydrogen (secondary N) is 1. The largest absolute Gasteiger partial charge is 0.351 e. The molecule has 0 saturated carbocycles. The maximum absolute atomic E-state index is 4.51. The second-order valence-corrected chi connectivity index (χ2v) is 4.57. The highest BCUT2D eigenvalue weighted by Gasteiger charge is 2.11. The van der Waals surface area contributed by atoms with E-state index in [2.05, 4.69) is 36.1 Å². The Bertz CT molecular complexity index is 496. The first kappa shape index (κ1) is 11.8. The molecule has 0 bridgehead atoms. The Balaban J connectivity index is 2.19. The predicted octanol–water partition coefficient (Wildman–Crippen LogP) is 3.48. The van der Waals surface area contributed by atoms with Crippen LogP contribution in [-0.4, -0.2) is 16.0 Å². The van der Waals surface area contributed by atoms with Gasteiger partial charge in [0.25, 0.3) is 0 Å². The van der Waals surface area contributed by atoms with Crippen LogP contribution in [-0.2, 0) is 0 Å². The number of anilines is 1. The van der Waals surface area contributed by atoms with Crippen molar-refractivity contribution in [3.63, 3.8) is 0 Å². The van der Waals surface area contributed by atoms with Crippen molar-refractivity contribution in [1.82, 2.24) is 9.97 Å². The fourth-order valence-corrected chi connectivity index (χ4v) is 1.74. The van der Waals surface area contributed by atoms with Gasteiger partial charge in [-0.25, -0.2) is 9.97 Å². The van der Waals surface area contributed by atoms with E-state index >= 15 is 0 Å². The molecule has 90 valence electrons. The van der Waals surface area contributed by atoms with Crippen molar-refractivity contribution in [3.05, 3.63) is 30.5 Å². The summed E-state index contributed by atoms with van der Waals surface area (Å²) in [7, 11) is 0. The third kappa shape index (κ3) is 2.73. The molecule has 2 rings (SSSR count). The Kier molecular flexibility index (Phi) is 3.57. The third-order valence-corrected chi connectivity index (χ3v) is 3.34. The highest BCUT2D eigenvalue weighted by molar-refractivity contribution is 5.78. The number of nitrogens with zero attached hydrogens (tertiary/aromatic N) is 2. The van der Waals surface area contributed by atoms with E-state index in [0.29, 0.717) is 12.0 Å². The van der Waals surface area contributed by atoms with Crippen LogP contribution in [0.25, 0.3) is 10.9 Å². The van der Waals surface area contributed by atoms with Crippen molar-refractivity contribution < 1.29 is 0 Å². The smallest absolute Gasteiger partial charge is 0.223 e. The number of hydrogen-bond donors (Lipinski definition) is 1. The van der Waals surface area contributed by atoms with Crippen molar-refractivity contribution in [2.75, 3.05) is 5.32 Å². The van der Waals surface area contributed by atoms with Crippen molar-refractivity contribution in [2.45, 2.75) is 33.2 Å². The molecule has 0 aliphatic rings. The van der Waals surface area contributed by atoms with E-state index in [1.807, 2.05) is 30.5 Å². The van der Waals surface area contributed by atoms with E-state index in [9.17, 15) is 0 Å². The molecule has 0 amide bonds. The third-order valence-electron chi connectivity index (χ3n) is 3.34. The van der Waals surface area contributed by atoms with Crippen LogP contribution in [0.2, 0.25) is 0 Å². The zero-order valence-electron chi connectivity index (χ0n) is 10.6. The van der Waals surface area contributed by atoms with Gasteiger partial charge in [0.15, 0.2) is 0 Å².